The Morgan fingerprint density at radius 1 is 0.944 bits per heavy atom. The molecule has 1 saturated carbocycles. The molecule has 18 heavy (non-hydrogen) atoms. The van der Waals surface area contributed by atoms with E-state index >= 15 is 0 Å². The SMILES string of the molecule is OC1(C(F)(F)F)OCOC2(CCCCC2)C1(F)F. The number of alkyl halides is 5. The molecule has 0 radical (unpaired) electrons. The Kier molecular flexibility index (Phi) is 3.11. The van der Waals surface area contributed by atoms with Gasteiger partial charge in [-0.2, -0.15) is 22.0 Å². The monoisotopic (exact) mass is 276 g/mol. The van der Waals surface area contributed by atoms with Crippen molar-refractivity contribution in [1.82, 2.24) is 0 Å². The number of halogens is 5. The average molecular weight is 276 g/mol. The summed E-state index contributed by atoms with van der Waals surface area (Å²) in [4.78, 5) is 0. The largest absolute Gasteiger partial charge is 0.449 e. The number of hydrogen-bond donors (Lipinski definition) is 1. The quantitative estimate of drug-likeness (QED) is 0.691. The van der Waals surface area contributed by atoms with Gasteiger partial charge in [0.15, 0.2) is 6.79 Å². The van der Waals surface area contributed by atoms with Crippen molar-refractivity contribution in [2.24, 2.45) is 0 Å². The van der Waals surface area contributed by atoms with Gasteiger partial charge in [-0.05, 0) is 12.8 Å². The fourth-order valence-corrected chi connectivity index (χ4v) is 2.56. The fourth-order valence-electron chi connectivity index (χ4n) is 2.56. The molecular weight excluding hydrogens is 263 g/mol. The van der Waals surface area contributed by atoms with Gasteiger partial charge in [0.1, 0.15) is 5.60 Å². The van der Waals surface area contributed by atoms with Crippen LogP contribution in [0.2, 0.25) is 0 Å². The van der Waals surface area contributed by atoms with Gasteiger partial charge in [-0.3, -0.25) is 0 Å². The molecule has 3 nitrogen and oxygen atoms in total. The highest BCUT2D eigenvalue weighted by Gasteiger charge is 2.80. The molecule has 1 heterocycles. The van der Waals surface area contributed by atoms with Crippen LogP contribution >= 0.6 is 0 Å². The van der Waals surface area contributed by atoms with Crippen molar-refractivity contribution in [3.05, 3.63) is 0 Å². The Hall–Kier alpha value is -0.470. The Bertz CT molecular complexity index is 318. The predicted molar refractivity (Wildman–Crippen MR) is 48.8 cm³/mol. The molecule has 2 rings (SSSR count). The van der Waals surface area contributed by atoms with Crippen molar-refractivity contribution in [2.45, 2.75) is 55.6 Å². The maximum absolute atomic E-state index is 14.1. The van der Waals surface area contributed by atoms with E-state index in [0.29, 0.717) is 19.3 Å². The van der Waals surface area contributed by atoms with Gasteiger partial charge >= 0.3 is 17.9 Å². The van der Waals surface area contributed by atoms with E-state index in [4.69, 9.17) is 4.74 Å². The van der Waals surface area contributed by atoms with E-state index in [1.54, 1.807) is 0 Å². The van der Waals surface area contributed by atoms with Crippen LogP contribution in [-0.4, -0.2) is 35.4 Å². The molecule has 1 atom stereocenters. The van der Waals surface area contributed by atoms with Crippen LogP contribution in [0.15, 0.2) is 0 Å². The van der Waals surface area contributed by atoms with Crippen LogP contribution < -0.4 is 0 Å². The van der Waals surface area contributed by atoms with Crippen LogP contribution in [0.1, 0.15) is 32.1 Å². The molecule has 0 aromatic carbocycles. The minimum atomic E-state index is -5.58. The summed E-state index contributed by atoms with van der Waals surface area (Å²) in [5.41, 5.74) is -2.28. The predicted octanol–water partition coefficient (Wildman–Crippen LogP) is 2.58. The third-order valence-corrected chi connectivity index (χ3v) is 3.65. The zero-order valence-corrected chi connectivity index (χ0v) is 9.40. The van der Waals surface area contributed by atoms with Crippen LogP contribution in [0.4, 0.5) is 22.0 Å². The van der Waals surface area contributed by atoms with E-state index < -0.39 is 30.3 Å². The summed E-state index contributed by atoms with van der Waals surface area (Å²) < 4.78 is 74.7. The molecule has 2 fully saturated rings. The minimum Gasteiger partial charge on any atom is -0.354 e. The van der Waals surface area contributed by atoms with Gasteiger partial charge in [-0.1, -0.05) is 19.3 Å². The zero-order valence-electron chi connectivity index (χ0n) is 9.40. The number of ether oxygens (including phenoxy) is 2. The molecule has 1 spiro atoms. The van der Waals surface area contributed by atoms with E-state index in [9.17, 15) is 27.1 Å². The maximum Gasteiger partial charge on any atom is 0.449 e. The first-order chi connectivity index (χ1) is 8.16. The molecule has 0 aromatic rings. The standard InChI is InChI=1S/C10H13F5O3/c11-8(12)7(4-2-1-3-5-7)17-6-18-9(8,16)10(13,14)15/h16H,1-6H2. The second-order valence-corrected chi connectivity index (χ2v) is 4.68. The van der Waals surface area contributed by atoms with Crippen molar-refractivity contribution >= 4 is 0 Å². The van der Waals surface area contributed by atoms with Crippen LogP contribution in [-0.2, 0) is 9.47 Å². The first kappa shape index (κ1) is 14.0. The van der Waals surface area contributed by atoms with E-state index in [0.717, 1.165) is 0 Å². The summed E-state index contributed by atoms with van der Waals surface area (Å²) in [5, 5.41) is 9.28. The molecule has 8 heteroatoms. The van der Waals surface area contributed by atoms with Crippen molar-refractivity contribution in [1.29, 1.82) is 0 Å². The van der Waals surface area contributed by atoms with E-state index in [-0.39, 0.29) is 12.8 Å². The summed E-state index contributed by atoms with van der Waals surface area (Å²) >= 11 is 0. The average Bonchev–Trinajstić information content (AvgIpc) is 2.26. The molecule has 1 N–H and O–H groups in total. The minimum absolute atomic E-state index is 0.220. The highest BCUT2D eigenvalue weighted by Crippen LogP contribution is 2.56. The molecule has 0 bridgehead atoms. The number of aliphatic hydroxyl groups is 1. The fraction of sp³-hybridized carbons (Fsp3) is 1.00. The lowest BCUT2D eigenvalue weighted by Gasteiger charge is -2.52. The lowest BCUT2D eigenvalue weighted by molar-refractivity contribution is -0.504. The Morgan fingerprint density at radius 3 is 2.00 bits per heavy atom. The van der Waals surface area contributed by atoms with Crippen LogP contribution in [0.5, 0.6) is 0 Å². The van der Waals surface area contributed by atoms with Crippen molar-refractivity contribution in [3.8, 4) is 0 Å². The normalized spacial score (nSPS) is 35.7. The smallest absolute Gasteiger partial charge is 0.354 e. The Balaban J connectivity index is 2.41. The molecule has 2 aliphatic rings. The molecule has 1 aliphatic carbocycles. The van der Waals surface area contributed by atoms with E-state index in [1.807, 2.05) is 0 Å². The first-order valence-electron chi connectivity index (χ1n) is 5.61. The molecule has 0 aromatic heterocycles. The van der Waals surface area contributed by atoms with Crippen LogP contribution in [0.3, 0.4) is 0 Å². The third kappa shape index (κ3) is 1.65. The second-order valence-electron chi connectivity index (χ2n) is 4.68. The Labute approximate surface area is 99.9 Å². The topological polar surface area (TPSA) is 38.7 Å². The van der Waals surface area contributed by atoms with Crippen molar-refractivity contribution in [2.75, 3.05) is 6.79 Å². The van der Waals surface area contributed by atoms with Gasteiger partial charge in [-0.15, -0.1) is 0 Å². The van der Waals surface area contributed by atoms with Gasteiger partial charge in [0.2, 0.25) is 0 Å². The van der Waals surface area contributed by atoms with Crippen LogP contribution in [0.25, 0.3) is 0 Å². The van der Waals surface area contributed by atoms with Crippen molar-refractivity contribution in [3.63, 3.8) is 0 Å². The molecule has 1 unspecified atom stereocenters. The molecule has 1 saturated heterocycles. The molecule has 0 amide bonds. The van der Waals surface area contributed by atoms with Crippen LogP contribution in [0, 0.1) is 0 Å². The first-order valence-corrected chi connectivity index (χ1v) is 5.61. The Morgan fingerprint density at radius 2 is 1.50 bits per heavy atom. The lowest BCUT2D eigenvalue weighted by Crippen LogP contribution is -2.73. The van der Waals surface area contributed by atoms with Gasteiger partial charge in [0.25, 0.3) is 0 Å². The highest BCUT2D eigenvalue weighted by atomic mass is 19.4. The maximum atomic E-state index is 14.1. The summed E-state index contributed by atoms with van der Waals surface area (Å²) in [6.45, 7) is -0.994. The van der Waals surface area contributed by atoms with Gasteiger partial charge in [-0.25, -0.2) is 0 Å². The summed E-state index contributed by atoms with van der Waals surface area (Å²) in [7, 11) is 0. The van der Waals surface area contributed by atoms with E-state index in [1.165, 1.54) is 0 Å². The zero-order chi connectivity index (χ0) is 13.7. The van der Waals surface area contributed by atoms with Crippen molar-refractivity contribution < 1.29 is 36.5 Å². The molecule has 1 aliphatic heterocycles. The van der Waals surface area contributed by atoms with Gasteiger partial charge in [0.05, 0.1) is 0 Å². The third-order valence-electron chi connectivity index (χ3n) is 3.65. The van der Waals surface area contributed by atoms with Gasteiger partial charge < -0.3 is 14.6 Å². The summed E-state index contributed by atoms with van der Waals surface area (Å²) in [5.74, 6) is -9.01. The second kappa shape index (κ2) is 4.01. The highest BCUT2D eigenvalue weighted by molar-refractivity contribution is 5.08. The molecule has 106 valence electrons. The summed E-state index contributed by atoms with van der Waals surface area (Å²) in [6.07, 6.45) is -4.69. The number of rotatable bonds is 0. The van der Waals surface area contributed by atoms with E-state index in [2.05, 4.69) is 4.74 Å². The summed E-state index contributed by atoms with van der Waals surface area (Å²) in [6, 6.07) is 0. The molecular formula is C10H13F5O3. The van der Waals surface area contributed by atoms with Gasteiger partial charge in [0, 0.05) is 0 Å². The number of hydrogen-bond acceptors (Lipinski definition) is 3. The lowest BCUT2D eigenvalue weighted by atomic mass is 9.76.